The Labute approximate surface area is 96.9 Å². The number of benzene rings is 1. The Kier molecular flexibility index (Phi) is 2.00. The summed E-state index contributed by atoms with van der Waals surface area (Å²) in [7, 11) is 0. The summed E-state index contributed by atoms with van der Waals surface area (Å²) in [6.45, 7) is 1.60. The van der Waals surface area contributed by atoms with Gasteiger partial charge in [0.2, 0.25) is 11.9 Å². The first-order valence-electron chi connectivity index (χ1n) is 4.98. The van der Waals surface area contributed by atoms with Gasteiger partial charge in [-0.1, -0.05) is 11.6 Å². The fraction of sp³-hybridized carbons (Fsp3) is 0.200. The van der Waals surface area contributed by atoms with Gasteiger partial charge in [0, 0.05) is 11.6 Å². The molecule has 5 nitrogen and oxygen atoms in total. The van der Waals surface area contributed by atoms with E-state index in [1.165, 1.54) is 0 Å². The van der Waals surface area contributed by atoms with Gasteiger partial charge in [0.05, 0.1) is 17.6 Å². The SMILES string of the molecule is Nc1nc2cc(Cl)ccc2n1C1=NCCN1. The molecule has 0 radical (unpaired) electrons. The van der Waals surface area contributed by atoms with Crippen molar-refractivity contribution in [1.82, 2.24) is 14.9 Å². The summed E-state index contributed by atoms with van der Waals surface area (Å²) in [5, 5.41) is 3.82. The molecule has 82 valence electrons. The van der Waals surface area contributed by atoms with Crippen LogP contribution in [-0.2, 0) is 0 Å². The van der Waals surface area contributed by atoms with Crippen LogP contribution in [0.1, 0.15) is 0 Å². The molecule has 0 saturated heterocycles. The molecule has 0 atom stereocenters. The number of nitrogens with one attached hydrogen (secondary N) is 1. The standard InChI is InChI=1S/C10H10ClN5/c11-6-1-2-8-7(5-6)15-9(12)16(8)10-13-3-4-14-10/h1-2,5H,3-4H2,(H2,12,15)(H,13,14). The molecule has 1 aliphatic heterocycles. The van der Waals surface area contributed by atoms with Crippen molar-refractivity contribution in [3.63, 3.8) is 0 Å². The second kappa shape index (κ2) is 3.38. The van der Waals surface area contributed by atoms with Crippen LogP contribution < -0.4 is 11.1 Å². The molecule has 6 heteroatoms. The van der Waals surface area contributed by atoms with Gasteiger partial charge in [-0.2, -0.15) is 0 Å². The monoisotopic (exact) mass is 235 g/mol. The van der Waals surface area contributed by atoms with Crippen molar-refractivity contribution >= 4 is 34.5 Å². The van der Waals surface area contributed by atoms with E-state index < -0.39 is 0 Å². The lowest BCUT2D eigenvalue weighted by Gasteiger charge is -2.05. The van der Waals surface area contributed by atoms with Crippen LogP contribution in [0.4, 0.5) is 5.95 Å². The number of nitrogens with two attached hydrogens (primary N) is 1. The molecule has 0 aliphatic carbocycles. The molecule has 1 aromatic heterocycles. The maximum Gasteiger partial charge on any atom is 0.208 e. The second-order valence-corrected chi connectivity index (χ2v) is 4.01. The second-order valence-electron chi connectivity index (χ2n) is 3.57. The molecule has 2 aromatic rings. The number of halogens is 1. The van der Waals surface area contributed by atoms with Gasteiger partial charge in [-0.25, -0.2) is 9.55 Å². The lowest BCUT2D eigenvalue weighted by atomic mass is 10.3. The maximum atomic E-state index is 5.90. The van der Waals surface area contributed by atoms with Crippen LogP contribution in [0.5, 0.6) is 0 Å². The number of rotatable bonds is 0. The Bertz CT molecular complexity index is 586. The zero-order valence-electron chi connectivity index (χ0n) is 8.44. The van der Waals surface area contributed by atoms with Crippen LogP contribution in [0.25, 0.3) is 11.0 Å². The minimum absolute atomic E-state index is 0.422. The molecule has 1 aliphatic rings. The van der Waals surface area contributed by atoms with Crippen molar-refractivity contribution in [3.8, 4) is 0 Å². The van der Waals surface area contributed by atoms with Crippen molar-refractivity contribution in [3.05, 3.63) is 23.2 Å². The molecule has 0 saturated carbocycles. The van der Waals surface area contributed by atoms with Gasteiger partial charge >= 0.3 is 0 Å². The molecule has 0 bridgehead atoms. The molecule has 3 rings (SSSR count). The van der Waals surface area contributed by atoms with Crippen molar-refractivity contribution in [2.45, 2.75) is 0 Å². The molecular formula is C10H10ClN5. The average Bonchev–Trinajstić information content (AvgIpc) is 2.83. The number of imidazole rings is 1. The highest BCUT2D eigenvalue weighted by Crippen LogP contribution is 2.21. The van der Waals surface area contributed by atoms with E-state index in [4.69, 9.17) is 17.3 Å². The topological polar surface area (TPSA) is 68.2 Å². The van der Waals surface area contributed by atoms with Gasteiger partial charge < -0.3 is 11.1 Å². The Balaban J connectivity index is 2.27. The summed E-state index contributed by atoms with van der Waals surface area (Å²) < 4.78 is 1.80. The smallest absolute Gasteiger partial charge is 0.208 e. The number of nitrogens with zero attached hydrogens (tertiary/aromatic N) is 3. The summed E-state index contributed by atoms with van der Waals surface area (Å²) in [4.78, 5) is 8.58. The first-order valence-corrected chi connectivity index (χ1v) is 5.36. The fourth-order valence-electron chi connectivity index (χ4n) is 1.83. The van der Waals surface area contributed by atoms with Gasteiger partial charge in [0.1, 0.15) is 0 Å². The molecular weight excluding hydrogens is 226 g/mol. The van der Waals surface area contributed by atoms with E-state index in [0.29, 0.717) is 11.0 Å². The van der Waals surface area contributed by atoms with Gasteiger partial charge in [-0.15, -0.1) is 0 Å². The van der Waals surface area contributed by atoms with Crippen LogP contribution in [0.2, 0.25) is 5.02 Å². The highest BCUT2D eigenvalue weighted by molar-refractivity contribution is 6.31. The molecule has 1 aromatic carbocycles. The highest BCUT2D eigenvalue weighted by atomic mass is 35.5. The fourth-order valence-corrected chi connectivity index (χ4v) is 2.00. The van der Waals surface area contributed by atoms with Crippen molar-refractivity contribution in [2.75, 3.05) is 18.8 Å². The summed E-state index contributed by atoms with van der Waals surface area (Å²) in [6, 6.07) is 5.50. The number of anilines is 1. The summed E-state index contributed by atoms with van der Waals surface area (Å²) in [5.41, 5.74) is 7.56. The van der Waals surface area contributed by atoms with Crippen LogP contribution in [0.15, 0.2) is 23.2 Å². The number of hydrogen-bond acceptors (Lipinski definition) is 4. The predicted octanol–water partition coefficient (Wildman–Crippen LogP) is 1.08. The minimum atomic E-state index is 0.422. The van der Waals surface area contributed by atoms with E-state index in [9.17, 15) is 0 Å². The van der Waals surface area contributed by atoms with E-state index in [2.05, 4.69) is 15.3 Å². The van der Waals surface area contributed by atoms with E-state index in [-0.39, 0.29) is 0 Å². The molecule has 2 heterocycles. The quantitative estimate of drug-likeness (QED) is 0.718. The van der Waals surface area contributed by atoms with E-state index in [1.54, 1.807) is 10.6 Å². The van der Waals surface area contributed by atoms with Gasteiger partial charge in [0.15, 0.2) is 0 Å². The average molecular weight is 236 g/mol. The molecule has 0 fully saturated rings. The highest BCUT2D eigenvalue weighted by Gasteiger charge is 2.15. The molecule has 3 N–H and O–H groups in total. The third-order valence-corrected chi connectivity index (χ3v) is 2.75. The summed E-state index contributed by atoms with van der Waals surface area (Å²) in [5.74, 6) is 1.17. The lowest BCUT2D eigenvalue weighted by Crippen LogP contribution is -2.27. The van der Waals surface area contributed by atoms with Crippen LogP contribution >= 0.6 is 11.6 Å². The zero-order valence-corrected chi connectivity index (χ0v) is 9.20. The third kappa shape index (κ3) is 1.32. The summed E-state index contributed by atoms with van der Waals surface area (Å²) >= 11 is 5.90. The Morgan fingerprint density at radius 3 is 3.06 bits per heavy atom. The maximum absolute atomic E-state index is 5.90. The van der Waals surface area contributed by atoms with Gasteiger partial charge in [-0.3, -0.25) is 4.99 Å². The van der Waals surface area contributed by atoms with Crippen LogP contribution in [-0.4, -0.2) is 28.6 Å². The van der Waals surface area contributed by atoms with Crippen molar-refractivity contribution < 1.29 is 0 Å². The first-order chi connectivity index (χ1) is 7.75. The largest absolute Gasteiger partial charge is 0.369 e. The van der Waals surface area contributed by atoms with Crippen LogP contribution in [0.3, 0.4) is 0 Å². The number of aromatic nitrogens is 2. The first kappa shape index (κ1) is 9.47. The van der Waals surface area contributed by atoms with E-state index in [0.717, 1.165) is 30.1 Å². The van der Waals surface area contributed by atoms with E-state index in [1.807, 2.05) is 12.1 Å². The Morgan fingerprint density at radius 2 is 2.31 bits per heavy atom. The summed E-state index contributed by atoms with van der Waals surface area (Å²) in [6.07, 6.45) is 0. The number of aliphatic imine (C=N–C) groups is 1. The lowest BCUT2D eigenvalue weighted by molar-refractivity contribution is 0.944. The molecule has 16 heavy (non-hydrogen) atoms. The number of nitrogen functional groups attached to an aromatic ring is 1. The number of hydrogen-bond donors (Lipinski definition) is 2. The Morgan fingerprint density at radius 1 is 1.44 bits per heavy atom. The van der Waals surface area contributed by atoms with E-state index >= 15 is 0 Å². The van der Waals surface area contributed by atoms with Gasteiger partial charge in [0.25, 0.3) is 0 Å². The zero-order chi connectivity index (χ0) is 11.1. The van der Waals surface area contributed by atoms with Crippen molar-refractivity contribution in [1.29, 1.82) is 0 Å². The molecule has 0 spiro atoms. The molecule has 0 amide bonds. The third-order valence-electron chi connectivity index (χ3n) is 2.51. The van der Waals surface area contributed by atoms with Gasteiger partial charge in [-0.05, 0) is 18.2 Å². The normalized spacial score (nSPS) is 15.2. The number of fused-ring (bicyclic) bond motifs is 1. The van der Waals surface area contributed by atoms with Crippen LogP contribution in [0, 0.1) is 0 Å². The van der Waals surface area contributed by atoms with Crippen molar-refractivity contribution in [2.24, 2.45) is 4.99 Å². The Hall–Kier alpha value is -1.75. The predicted molar refractivity (Wildman–Crippen MR) is 64.9 cm³/mol. The molecule has 0 unspecified atom stereocenters. The minimum Gasteiger partial charge on any atom is -0.369 e.